The third kappa shape index (κ3) is 3.64. The van der Waals surface area contributed by atoms with E-state index in [1.807, 2.05) is 12.1 Å². The second-order valence-electron chi connectivity index (χ2n) is 13.0. The van der Waals surface area contributed by atoms with Gasteiger partial charge in [-0.15, -0.1) is 0 Å². The van der Waals surface area contributed by atoms with E-state index in [0.717, 1.165) is 72.4 Å². The summed E-state index contributed by atoms with van der Waals surface area (Å²) in [5.74, 6) is 0.730. The van der Waals surface area contributed by atoms with E-state index in [2.05, 4.69) is 146 Å². The lowest BCUT2D eigenvalue weighted by Crippen LogP contribution is -2.17. The van der Waals surface area contributed by atoms with Crippen molar-refractivity contribution in [3.8, 4) is 39.6 Å². The molecule has 222 valence electrons. The summed E-state index contributed by atoms with van der Waals surface area (Å²) < 4.78 is 8.83. The fourth-order valence-corrected chi connectivity index (χ4v) is 7.82. The monoisotopic (exact) mass is 603 g/mol. The van der Waals surface area contributed by atoms with Crippen molar-refractivity contribution in [2.45, 2.75) is 19.3 Å². The van der Waals surface area contributed by atoms with Crippen molar-refractivity contribution < 1.29 is 4.42 Å². The van der Waals surface area contributed by atoms with Gasteiger partial charge < -0.3 is 8.98 Å². The molecular formula is C43H29N3O. The molecule has 1 aliphatic rings. The van der Waals surface area contributed by atoms with Gasteiger partial charge in [0.25, 0.3) is 0 Å². The van der Waals surface area contributed by atoms with Crippen molar-refractivity contribution in [2.24, 2.45) is 0 Å². The van der Waals surface area contributed by atoms with Gasteiger partial charge in [-0.25, -0.2) is 9.97 Å². The molecular weight excluding hydrogens is 574 g/mol. The van der Waals surface area contributed by atoms with Gasteiger partial charge >= 0.3 is 0 Å². The molecule has 0 aliphatic heterocycles. The van der Waals surface area contributed by atoms with Crippen molar-refractivity contribution in [3.63, 3.8) is 0 Å². The van der Waals surface area contributed by atoms with Crippen LogP contribution in [0.25, 0.3) is 83.3 Å². The van der Waals surface area contributed by atoms with Crippen LogP contribution in [0.15, 0.2) is 144 Å². The van der Waals surface area contributed by atoms with Crippen molar-refractivity contribution in [1.29, 1.82) is 0 Å². The summed E-state index contributed by atoms with van der Waals surface area (Å²) in [7, 11) is 0. The average molecular weight is 604 g/mol. The van der Waals surface area contributed by atoms with Crippen LogP contribution in [0.5, 0.6) is 0 Å². The third-order valence-electron chi connectivity index (χ3n) is 10.0. The zero-order chi connectivity index (χ0) is 31.3. The quantitative estimate of drug-likeness (QED) is 0.202. The molecule has 0 saturated heterocycles. The Morgan fingerprint density at radius 2 is 1.26 bits per heavy atom. The maximum absolute atomic E-state index is 6.49. The summed E-state index contributed by atoms with van der Waals surface area (Å²) in [5.41, 5.74) is 12.7. The molecule has 1 aliphatic carbocycles. The van der Waals surface area contributed by atoms with E-state index in [9.17, 15) is 0 Å². The molecule has 10 rings (SSSR count). The molecule has 0 saturated carbocycles. The van der Waals surface area contributed by atoms with E-state index < -0.39 is 0 Å². The fraction of sp³-hybridized carbons (Fsp3) is 0.0698. The van der Waals surface area contributed by atoms with Crippen molar-refractivity contribution in [2.75, 3.05) is 0 Å². The number of nitrogens with zero attached hydrogens (tertiary/aromatic N) is 3. The van der Waals surface area contributed by atoms with Crippen molar-refractivity contribution >= 4 is 43.7 Å². The molecule has 0 N–H and O–H groups in total. The zero-order valence-electron chi connectivity index (χ0n) is 26.0. The maximum Gasteiger partial charge on any atom is 0.160 e. The number of hydrogen-bond acceptors (Lipinski definition) is 3. The highest BCUT2D eigenvalue weighted by molar-refractivity contribution is 6.23. The first kappa shape index (κ1) is 26.2. The van der Waals surface area contributed by atoms with E-state index in [-0.39, 0.29) is 5.41 Å². The molecule has 0 amide bonds. The van der Waals surface area contributed by atoms with E-state index in [0.29, 0.717) is 0 Å². The molecule has 47 heavy (non-hydrogen) atoms. The molecule has 9 aromatic rings. The van der Waals surface area contributed by atoms with Gasteiger partial charge in [0.05, 0.1) is 27.8 Å². The normalized spacial score (nSPS) is 13.5. The number of hydrogen-bond donors (Lipinski definition) is 0. The molecule has 4 nitrogen and oxygen atoms in total. The minimum absolute atomic E-state index is 0.207. The summed E-state index contributed by atoms with van der Waals surface area (Å²) in [6.07, 6.45) is 0. The van der Waals surface area contributed by atoms with E-state index in [1.54, 1.807) is 0 Å². The van der Waals surface area contributed by atoms with Crippen LogP contribution < -0.4 is 0 Å². The van der Waals surface area contributed by atoms with Gasteiger partial charge in [-0.3, -0.25) is 0 Å². The number of rotatable bonds is 3. The van der Waals surface area contributed by atoms with Gasteiger partial charge in [-0.05, 0) is 54.1 Å². The van der Waals surface area contributed by atoms with E-state index >= 15 is 0 Å². The maximum atomic E-state index is 6.49. The lowest BCUT2D eigenvalue weighted by Gasteiger charge is -2.23. The lowest BCUT2D eigenvalue weighted by molar-refractivity contribution is 0.658. The molecule has 3 heterocycles. The van der Waals surface area contributed by atoms with Gasteiger partial charge in [-0.1, -0.05) is 105 Å². The van der Waals surface area contributed by atoms with Gasteiger partial charge in [0.15, 0.2) is 5.82 Å². The largest absolute Gasteiger partial charge is 0.455 e. The second kappa shape index (κ2) is 9.51. The van der Waals surface area contributed by atoms with Crippen LogP contribution in [0.1, 0.15) is 25.0 Å². The van der Waals surface area contributed by atoms with Crippen molar-refractivity contribution in [1.82, 2.24) is 14.5 Å². The van der Waals surface area contributed by atoms with Crippen LogP contribution in [0, 0.1) is 0 Å². The summed E-state index contributed by atoms with van der Waals surface area (Å²) in [6, 6.07) is 49.1. The first-order valence-corrected chi connectivity index (χ1v) is 16.1. The zero-order valence-corrected chi connectivity index (χ0v) is 26.0. The Kier molecular flexibility index (Phi) is 5.31. The molecule has 3 aromatic heterocycles. The average Bonchev–Trinajstić information content (AvgIpc) is 3.74. The molecule has 0 atom stereocenters. The molecule has 0 unspecified atom stereocenters. The number of para-hydroxylation sites is 2. The second-order valence-corrected chi connectivity index (χ2v) is 13.0. The smallest absolute Gasteiger partial charge is 0.160 e. The summed E-state index contributed by atoms with van der Waals surface area (Å²) in [6.45, 7) is 4.57. The Balaban J connectivity index is 1.16. The number of fused-ring (bicyclic) bond motifs is 10. The molecule has 0 bridgehead atoms. The Labute approximate surface area is 271 Å². The Morgan fingerprint density at radius 3 is 2.11 bits per heavy atom. The molecule has 0 radical (unpaired) electrons. The fourth-order valence-electron chi connectivity index (χ4n) is 7.82. The Bertz CT molecular complexity index is 2700. The highest BCUT2D eigenvalue weighted by atomic mass is 16.3. The molecule has 4 heteroatoms. The van der Waals surface area contributed by atoms with E-state index in [1.165, 1.54) is 22.1 Å². The minimum atomic E-state index is -0.207. The van der Waals surface area contributed by atoms with Crippen molar-refractivity contribution in [3.05, 3.63) is 151 Å². The summed E-state index contributed by atoms with van der Waals surface area (Å²) in [5, 5.41) is 4.58. The van der Waals surface area contributed by atoms with E-state index in [4.69, 9.17) is 14.4 Å². The number of furan rings is 1. The lowest BCUT2D eigenvalue weighted by atomic mass is 9.81. The topological polar surface area (TPSA) is 43.9 Å². The van der Waals surface area contributed by atoms with Crippen LogP contribution in [0.4, 0.5) is 0 Å². The molecule has 0 fully saturated rings. The standard InChI is InChI=1S/C43H29N3O/c1-43(2)33-17-9-6-15-31(33)40-38(43)39(26-12-4-3-5-13-26)44-42(45-40)27-20-22-28(23-21-27)46-34-18-10-7-16-32(34)37-35(46)25-24-30-29-14-8-11-19-36(29)47-41(30)37/h3-25H,1-2H3. The first-order valence-electron chi connectivity index (χ1n) is 16.1. The SMILES string of the molecule is CC1(C)c2ccccc2-c2nc(-c3ccc(-n4c5ccccc5c5c6oc7ccccc7c6ccc54)cc3)nc(-c3ccccc3)c21. The minimum Gasteiger partial charge on any atom is -0.455 e. The van der Waals surface area contributed by atoms with Crippen LogP contribution in [0.2, 0.25) is 0 Å². The van der Waals surface area contributed by atoms with Gasteiger partial charge in [0.1, 0.15) is 11.2 Å². The first-order chi connectivity index (χ1) is 23.1. The Hall–Kier alpha value is -6.00. The predicted molar refractivity (Wildman–Crippen MR) is 192 cm³/mol. The van der Waals surface area contributed by atoms with Gasteiger partial charge in [0, 0.05) is 49.5 Å². The summed E-state index contributed by atoms with van der Waals surface area (Å²) >= 11 is 0. The number of benzene rings is 6. The van der Waals surface area contributed by atoms with Crippen LogP contribution in [0.3, 0.4) is 0 Å². The van der Waals surface area contributed by atoms with Gasteiger partial charge in [0.2, 0.25) is 0 Å². The highest BCUT2D eigenvalue weighted by Gasteiger charge is 2.39. The number of aromatic nitrogens is 3. The van der Waals surface area contributed by atoms with Crippen LogP contribution in [-0.2, 0) is 5.41 Å². The third-order valence-corrected chi connectivity index (χ3v) is 10.0. The van der Waals surface area contributed by atoms with Crippen LogP contribution in [-0.4, -0.2) is 14.5 Å². The summed E-state index contributed by atoms with van der Waals surface area (Å²) in [4.78, 5) is 10.5. The Morgan fingerprint density at radius 1 is 0.553 bits per heavy atom. The van der Waals surface area contributed by atoms with Crippen LogP contribution >= 0.6 is 0 Å². The van der Waals surface area contributed by atoms with Gasteiger partial charge in [-0.2, -0.15) is 0 Å². The predicted octanol–water partition coefficient (Wildman–Crippen LogP) is 11.1. The highest BCUT2D eigenvalue weighted by Crippen LogP contribution is 2.51. The molecule has 6 aromatic carbocycles. The molecule has 0 spiro atoms.